The van der Waals surface area contributed by atoms with Crippen LogP contribution in [0.1, 0.15) is 11.3 Å². The fraction of sp³-hybridized carbons (Fsp3) is 0.0833. The first kappa shape index (κ1) is 16.9. The normalized spacial score (nSPS) is 11.6. The lowest BCUT2D eigenvalue weighted by atomic mass is 10.1. The van der Waals surface area contributed by atoms with Gasteiger partial charge in [0.2, 0.25) is 0 Å². The summed E-state index contributed by atoms with van der Waals surface area (Å²) in [6, 6.07) is 4.17. The molecular formula is C12H7F3N4O5. The van der Waals surface area contributed by atoms with Crippen molar-refractivity contribution in [3.8, 4) is 0 Å². The van der Waals surface area contributed by atoms with Gasteiger partial charge in [-0.25, -0.2) is 0 Å². The number of nitrogens with zero attached hydrogens (tertiary/aromatic N) is 3. The van der Waals surface area contributed by atoms with Gasteiger partial charge in [-0.1, -0.05) is 0 Å². The van der Waals surface area contributed by atoms with E-state index in [9.17, 15) is 33.4 Å². The predicted molar refractivity (Wildman–Crippen MR) is 74.7 cm³/mol. The zero-order valence-electron chi connectivity index (χ0n) is 11.5. The molecule has 1 N–H and O–H groups in total. The monoisotopic (exact) mass is 344 g/mol. The number of benzene rings is 1. The Bertz CT molecular complexity index is 815. The number of halogens is 3. The van der Waals surface area contributed by atoms with Gasteiger partial charge in [-0.15, -0.1) is 0 Å². The van der Waals surface area contributed by atoms with E-state index in [1.807, 2.05) is 0 Å². The molecule has 0 bridgehead atoms. The summed E-state index contributed by atoms with van der Waals surface area (Å²) < 4.78 is 42.4. The van der Waals surface area contributed by atoms with Crippen LogP contribution >= 0.6 is 0 Å². The number of nitro benzene ring substituents is 1. The molecule has 12 heteroatoms. The van der Waals surface area contributed by atoms with Gasteiger partial charge in [0.15, 0.2) is 5.76 Å². The van der Waals surface area contributed by atoms with E-state index in [4.69, 9.17) is 4.42 Å². The summed E-state index contributed by atoms with van der Waals surface area (Å²) in [5, 5.41) is 24.8. The molecule has 0 saturated heterocycles. The first-order chi connectivity index (χ1) is 11.2. The van der Waals surface area contributed by atoms with Gasteiger partial charge in [0, 0.05) is 6.07 Å². The SMILES string of the molecule is O=[N+]([O-])c1ccc(/C=N/Nc2ccc(C(F)(F)F)cc2[N+](=O)[O-])o1. The van der Waals surface area contributed by atoms with Crippen LogP contribution in [-0.4, -0.2) is 16.1 Å². The number of hydrogen-bond acceptors (Lipinski definition) is 7. The number of furan rings is 1. The standard InChI is InChI=1S/C12H7F3N4O5/c13-12(14,15)7-1-3-9(10(5-7)18(20)21)17-16-6-8-2-4-11(24-8)19(22)23/h1-6,17H/b16-6+. The number of alkyl halides is 3. The topological polar surface area (TPSA) is 124 Å². The van der Waals surface area contributed by atoms with E-state index in [1.165, 1.54) is 6.07 Å². The lowest BCUT2D eigenvalue weighted by Gasteiger charge is -2.08. The van der Waals surface area contributed by atoms with Gasteiger partial charge >= 0.3 is 12.1 Å². The first-order valence-electron chi connectivity index (χ1n) is 6.07. The van der Waals surface area contributed by atoms with Crippen LogP contribution in [0.3, 0.4) is 0 Å². The van der Waals surface area contributed by atoms with Crippen molar-refractivity contribution < 1.29 is 27.4 Å². The third kappa shape index (κ3) is 3.85. The molecule has 0 fully saturated rings. The molecule has 1 aromatic carbocycles. The van der Waals surface area contributed by atoms with E-state index >= 15 is 0 Å². The Morgan fingerprint density at radius 1 is 1.12 bits per heavy atom. The zero-order valence-corrected chi connectivity index (χ0v) is 11.5. The maximum Gasteiger partial charge on any atom is 0.433 e. The van der Waals surface area contributed by atoms with Crippen molar-refractivity contribution in [2.45, 2.75) is 6.18 Å². The summed E-state index contributed by atoms with van der Waals surface area (Å²) in [7, 11) is 0. The molecule has 9 nitrogen and oxygen atoms in total. The number of anilines is 1. The highest BCUT2D eigenvalue weighted by Crippen LogP contribution is 2.34. The van der Waals surface area contributed by atoms with Crippen LogP contribution in [0.2, 0.25) is 0 Å². The van der Waals surface area contributed by atoms with Crippen LogP contribution in [0, 0.1) is 20.2 Å². The van der Waals surface area contributed by atoms with Gasteiger partial charge in [-0.05, 0) is 18.2 Å². The van der Waals surface area contributed by atoms with Crippen molar-refractivity contribution >= 4 is 23.5 Å². The van der Waals surface area contributed by atoms with Crippen LogP contribution in [-0.2, 0) is 6.18 Å². The lowest BCUT2D eigenvalue weighted by Crippen LogP contribution is -2.06. The fourth-order valence-corrected chi connectivity index (χ4v) is 1.63. The van der Waals surface area contributed by atoms with Crippen LogP contribution in [0.4, 0.5) is 30.4 Å². The number of nitro groups is 2. The Morgan fingerprint density at radius 2 is 1.83 bits per heavy atom. The molecule has 126 valence electrons. The lowest BCUT2D eigenvalue weighted by molar-refractivity contribution is -0.402. The summed E-state index contributed by atoms with van der Waals surface area (Å²) in [6.07, 6.45) is -3.74. The second-order valence-electron chi connectivity index (χ2n) is 4.29. The molecule has 0 aliphatic heterocycles. The van der Waals surface area contributed by atoms with Gasteiger partial charge in [0.05, 0.1) is 22.8 Å². The van der Waals surface area contributed by atoms with Gasteiger partial charge < -0.3 is 4.42 Å². The highest BCUT2D eigenvalue weighted by Gasteiger charge is 2.33. The van der Waals surface area contributed by atoms with Crippen LogP contribution in [0.5, 0.6) is 0 Å². The van der Waals surface area contributed by atoms with Gasteiger partial charge in [-0.2, -0.15) is 18.3 Å². The second-order valence-corrected chi connectivity index (χ2v) is 4.29. The summed E-state index contributed by atoms with van der Waals surface area (Å²) in [4.78, 5) is 19.5. The molecule has 0 saturated carbocycles. The Labute approximate surface area is 130 Å². The average molecular weight is 344 g/mol. The number of hydrazone groups is 1. The van der Waals surface area contributed by atoms with E-state index < -0.39 is 33.2 Å². The molecule has 2 rings (SSSR count). The van der Waals surface area contributed by atoms with E-state index in [2.05, 4.69) is 10.5 Å². The fourth-order valence-electron chi connectivity index (χ4n) is 1.63. The molecule has 1 heterocycles. The molecule has 0 atom stereocenters. The van der Waals surface area contributed by atoms with E-state index in [1.54, 1.807) is 0 Å². The molecule has 1 aromatic heterocycles. The van der Waals surface area contributed by atoms with E-state index in [0.29, 0.717) is 12.1 Å². The van der Waals surface area contributed by atoms with E-state index in [0.717, 1.165) is 18.3 Å². The van der Waals surface area contributed by atoms with Crippen LogP contribution in [0.15, 0.2) is 39.9 Å². The Hall–Kier alpha value is -3.44. The smallest absolute Gasteiger partial charge is 0.400 e. The number of rotatable bonds is 5. The van der Waals surface area contributed by atoms with Gasteiger partial charge in [-0.3, -0.25) is 25.7 Å². The second kappa shape index (κ2) is 6.36. The maximum absolute atomic E-state index is 12.6. The summed E-state index contributed by atoms with van der Waals surface area (Å²) in [6.45, 7) is 0. The highest BCUT2D eigenvalue weighted by atomic mass is 19.4. The van der Waals surface area contributed by atoms with Gasteiger partial charge in [0.1, 0.15) is 10.6 Å². The largest absolute Gasteiger partial charge is 0.433 e. The summed E-state index contributed by atoms with van der Waals surface area (Å²) in [5.74, 6) is -0.555. The number of nitrogens with one attached hydrogen (secondary N) is 1. The molecule has 0 aliphatic carbocycles. The predicted octanol–water partition coefficient (Wildman–Crippen LogP) is 3.56. The summed E-state index contributed by atoms with van der Waals surface area (Å²) >= 11 is 0. The zero-order chi connectivity index (χ0) is 17.9. The van der Waals surface area contributed by atoms with Crippen molar-refractivity contribution in [3.05, 3.63) is 61.9 Å². The van der Waals surface area contributed by atoms with Crippen LogP contribution in [0.25, 0.3) is 0 Å². The van der Waals surface area contributed by atoms with Crippen molar-refractivity contribution in [3.63, 3.8) is 0 Å². The molecule has 24 heavy (non-hydrogen) atoms. The number of hydrogen-bond donors (Lipinski definition) is 1. The Balaban J connectivity index is 2.21. The Morgan fingerprint density at radius 3 is 2.38 bits per heavy atom. The van der Waals surface area contributed by atoms with Crippen molar-refractivity contribution in [2.75, 3.05) is 5.43 Å². The van der Waals surface area contributed by atoms with Crippen molar-refractivity contribution in [1.82, 2.24) is 0 Å². The molecule has 0 spiro atoms. The van der Waals surface area contributed by atoms with Gasteiger partial charge in [0.25, 0.3) is 5.69 Å². The third-order valence-corrected chi connectivity index (χ3v) is 2.69. The minimum Gasteiger partial charge on any atom is -0.400 e. The van der Waals surface area contributed by atoms with Crippen molar-refractivity contribution in [2.24, 2.45) is 5.10 Å². The molecule has 0 aliphatic rings. The van der Waals surface area contributed by atoms with E-state index in [-0.39, 0.29) is 11.4 Å². The minimum atomic E-state index is -4.72. The molecule has 0 radical (unpaired) electrons. The molecule has 0 amide bonds. The summed E-state index contributed by atoms with van der Waals surface area (Å²) in [5.41, 5.74) is -0.0980. The first-order valence-corrected chi connectivity index (χ1v) is 6.07. The molecule has 2 aromatic rings. The van der Waals surface area contributed by atoms with Crippen LogP contribution < -0.4 is 5.43 Å². The quantitative estimate of drug-likeness (QED) is 0.502. The maximum atomic E-state index is 12.6. The Kier molecular flexibility index (Phi) is 4.48. The minimum absolute atomic E-state index is 0.0243. The van der Waals surface area contributed by atoms with Crippen molar-refractivity contribution in [1.29, 1.82) is 0 Å². The third-order valence-electron chi connectivity index (χ3n) is 2.69. The molecular weight excluding hydrogens is 337 g/mol. The average Bonchev–Trinajstić information content (AvgIpc) is 2.95. The molecule has 0 unspecified atom stereocenters. The highest BCUT2D eigenvalue weighted by molar-refractivity contribution is 5.77.